The number of rotatable bonds is 12. The van der Waals surface area contributed by atoms with Crippen molar-refractivity contribution in [2.24, 2.45) is 5.92 Å². The van der Waals surface area contributed by atoms with Crippen LogP contribution in [0.1, 0.15) is 38.3 Å². The lowest BCUT2D eigenvalue weighted by Crippen LogP contribution is -2.50. The Morgan fingerprint density at radius 3 is 2.41 bits per heavy atom. The fourth-order valence-electron chi connectivity index (χ4n) is 3.22. The summed E-state index contributed by atoms with van der Waals surface area (Å²) < 4.78 is 5.23. The average molecular weight is 477 g/mol. The Bertz CT molecular complexity index is 874. The van der Waals surface area contributed by atoms with Crippen LogP contribution in [-0.2, 0) is 21.9 Å². The number of hydrogen-bond donors (Lipinski definition) is 1. The van der Waals surface area contributed by atoms with Gasteiger partial charge in [0, 0.05) is 23.9 Å². The van der Waals surface area contributed by atoms with Crippen molar-refractivity contribution in [2.75, 3.05) is 19.4 Å². The molecule has 1 N–H and O–H groups in total. The lowest BCUT2D eigenvalue weighted by molar-refractivity contribution is -0.139. The normalized spacial score (nSPS) is 11.8. The number of thioether (sulfide) groups is 1. The smallest absolute Gasteiger partial charge is 0.242 e. The molecule has 2 aromatic rings. The van der Waals surface area contributed by atoms with Crippen molar-refractivity contribution in [2.45, 2.75) is 45.5 Å². The highest BCUT2D eigenvalue weighted by atomic mass is 35.5. The van der Waals surface area contributed by atoms with Crippen LogP contribution in [0.5, 0.6) is 5.75 Å². The first-order valence-corrected chi connectivity index (χ1v) is 12.4. The molecule has 0 aliphatic carbocycles. The van der Waals surface area contributed by atoms with E-state index in [1.54, 1.807) is 12.0 Å². The van der Waals surface area contributed by atoms with Crippen molar-refractivity contribution < 1.29 is 14.3 Å². The summed E-state index contributed by atoms with van der Waals surface area (Å²) in [7, 11) is 1.62. The number of nitrogens with one attached hydrogen (secondary N) is 1. The standard InChI is InChI=1S/C25H33ClN2O3S/c1-5-23(25(30)27-14-18(2)3)28(15-19-10-12-21(31-4)13-11-19)24(29)17-32-16-20-8-6-7-9-22(20)26/h6-13,18,23H,5,14-17H2,1-4H3,(H,27,30). The van der Waals surface area contributed by atoms with Gasteiger partial charge >= 0.3 is 0 Å². The van der Waals surface area contributed by atoms with Crippen molar-refractivity contribution in [3.8, 4) is 5.75 Å². The number of amides is 2. The van der Waals surface area contributed by atoms with Gasteiger partial charge in [0.15, 0.2) is 0 Å². The van der Waals surface area contributed by atoms with Gasteiger partial charge in [0.25, 0.3) is 0 Å². The zero-order chi connectivity index (χ0) is 23.5. The van der Waals surface area contributed by atoms with Crippen molar-refractivity contribution >= 4 is 35.2 Å². The Kier molecular flexibility index (Phi) is 10.9. The molecule has 0 saturated heterocycles. The first kappa shape index (κ1) is 26.1. The van der Waals surface area contributed by atoms with Gasteiger partial charge in [-0.2, -0.15) is 0 Å². The van der Waals surface area contributed by atoms with Crippen LogP contribution in [0.3, 0.4) is 0 Å². The van der Waals surface area contributed by atoms with E-state index >= 15 is 0 Å². The number of hydrogen-bond acceptors (Lipinski definition) is 4. The summed E-state index contributed by atoms with van der Waals surface area (Å²) in [6.45, 7) is 6.98. The van der Waals surface area contributed by atoms with Gasteiger partial charge in [-0.25, -0.2) is 0 Å². The first-order chi connectivity index (χ1) is 15.3. The third-order valence-corrected chi connectivity index (χ3v) is 6.36. The van der Waals surface area contributed by atoms with Gasteiger partial charge in [-0.15, -0.1) is 11.8 Å². The second-order valence-electron chi connectivity index (χ2n) is 8.02. The Morgan fingerprint density at radius 2 is 1.81 bits per heavy atom. The van der Waals surface area contributed by atoms with Crippen molar-refractivity contribution in [1.82, 2.24) is 10.2 Å². The van der Waals surface area contributed by atoms with Crippen LogP contribution in [0.25, 0.3) is 0 Å². The van der Waals surface area contributed by atoms with Gasteiger partial charge in [-0.3, -0.25) is 9.59 Å². The molecule has 0 radical (unpaired) electrons. The van der Waals surface area contributed by atoms with Crippen molar-refractivity contribution in [3.05, 3.63) is 64.7 Å². The summed E-state index contributed by atoms with van der Waals surface area (Å²) in [6, 6.07) is 14.7. The van der Waals surface area contributed by atoms with E-state index in [1.165, 1.54) is 11.8 Å². The van der Waals surface area contributed by atoms with E-state index in [2.05, 4.69) is 5.32 Å². The average Bonchev–Trinajstić information content (AvgIpc) is 2.79. The van der Waals surface area contributed by atoms with Crippen LogP contribution in [0.15, 0.2) is 48.5 Å². The zero-order valence-electron chi connectivity index (χ0n) is 19.3. The first-order valence-electron chi connectivity index (χ1n) is 10.9. The van der Waals surface area contributed by atoms with E-state index in [0.717, 1.165) is 16.9 Å². The van der Waals surface area contributed by atoms with Gasteiger partial charge in [0.1, 0.15) is 11.8 Å². The third-order valence-electron chi connectivity index (χ3n) is 5.02. The van der Waals surface area contributed by atoms with Crippen LogP contribution in [0, 0.1) is 5.92 Å². The SMILES string of the molecule is CCC(C(=O)NCC(C)C)N(Cc1ccc(OC)cc1)C(=O)CSCc1ccccc1Cl. The predicted octanol–water partition coefficient (Wildman–Crippen LogP) is 5.16. The molecule has 0 aliphatic heterocycles. The largest absolute Gasteiger partial charge is 0.497 e. The zero-order valence-corrected chi connectivity index (χ0v) is 20.8. The van der Waals surface area contributed by atoms with Gasteiger partial charge in [-0.1, -0.05) is 62.7 Å². The van der Waals surface area contributed by atoms with Crippen LogP contribution >= 0.6 is 23.4 Å². The van der Waals surface area contributed by atoms with Crippen LogP contribution < -0.4 is 10.1 Å². The number of carbonyl (C=O) groups is 2. The molecule has 2 amide bonds. The molecule has 0 bridgehead atoms. The second kappa shape index (κ2) is 13.4. The summed E-state index contributed by atoms with van der Waals surface area (Å²) in [4.78, 5) is 27.9. The number of carbonyl (C=O) groups excluding carboxylic acids is 2. The summed E-state index contributed by atoms with van der Waals surface area (Å²) in [6.07, 6.45) is 0.543. The molecule has 2 rings (SSSR count). The minimum atomic E-state index is -0.524. The minimum Gasteiger partial charge on any atom is -0.497 e. The van der Waals surface area contributed by atoms with Crippen molar-refractivity contribution in [3.63, 3.8) is 0 Å². The van der Waals surface area contributed by atoms with Gasteiger partial charge < -0.3 is 15.0 Å². The Hall–Kier alpha value is -2.18. The second-order valence-corrected chi connectivity index (χ2v) is 9.41. The van der Waals surface area contributed by atoms with Crippen LogP contribution in [0.4, 0.5) is 0 Å². The highest BCUT2D eigenvalue weighted by Gasteiger charge is 2.28. The number of halogens is 1. The van der Waals surface area contributed by atoms with E-state index in [4.69, 9.17) is 16.3 Å². The number of methoxy groups -OCH3 is 1. The molecule has 2 aromatic carbocycles. The molecule has 1 unspecified atom stereocenters. The number of benzene rings is 2. The molecule has 0 aromatic heterocycles. The maximum atomic E-state index is 13.3. The Labute approximate surface area is 200 Å². The fourth-order valence-corrected chi connectivity index (χ4v) is 4.41. The minimum absolute atomic E-state index is 0.0654. The molecule has 7 heteroatoms. The van der Waals surface area contributed by atoms with E-state index in [1.807, 2.05) is 69.3 Å². The number of ether oxygens (including phenoxy) is 1. The highest BCUT2D eigenvalue weighted by molar-refractivity contribution is 7.99. The molecule has 0 aliphatic rings. The maximum Gasteiger partial charge on any atom is 0.242 e. The molecule has 174 valence electrons. The molecule has 0 spiro atoms. The molecule has 0 heterocycles. The molecule has 1 atom stereocenters. The van der Waals surface area contributed by atoms with Crippen molar-refractivity contribution in [1.29, 1.82) is 0 Å². The fraction of sp³-hybridized carbons (Fsp3) is 0.440. The predicted molar refractivity (Wildman–Crippen MR) is 133 cm³/mol. The molecule has 32 heavy (non-hydrogen) atoms. The highest BCUT2D eigenvalue weighted by Crippen LogP contribution is 2.22. The van der Waals surface area contributed by atoms with Gasteiger partial charge in [0.05, 0.1) is 12.9 Å². The maximum absolute atomic E-state index is 13.3. The summed E-state index contributed by atoms with van der Waals surface area (Å²) in [5.41, 5.74) is 1.95. The van der Waals surface area contributed by atoms with E-state index < -0.39 is 6.04 Å². The van der Waals surface area contributed by atoms with E-state index in [-0.39, 0.29) is 17.6 Å². The molecule has 0 saturated carbocycles. The Balaban J connectivity index is 2.13. The Morgan fingerprint density at radius 1 is 1.12 bits per heavy atom. The number of nitrogens with zero attached hydrogens (tertiary/aromatic N) is 1. The van der Waals surface area contributed by atoms with Gasteiger partial charge in [0.2, 0.25) is 11.8 Å². The summed E-state index contributed by atoms with van der Waals surface area (Å²) in [5, 5.41) is 3.68. The van der Waals surface area contributed by atoms with Crippen LogP contribution in [-0.4, -0.2) is 42.2 Å². The molecule has 0 fully saturated rings. The summed E-state index contributed by atoms with van der Waals surface area (Å²) >= 11 is 7.74. The van der Waals surface area contributed by atoms with E-state index in [0.29, 0.717) is 36.2 Å². The van der Waals surface area contributed by atoms with E-state index in [9.17, 15) is 9.59 Å². The molecular formula is C25H33ClN2O3S. The van der Waals surface area contributed by atoms with Crippen LogP contribution in [0.2, 0.25) is 5.02 Å². The third kappa shape index (κ3) is 8.06. The lowest BCUT2D eigenvalue weighted by atomic mass is 10.1. The monoisotopic (exact) mass is 476 g/mol. The lowest BCUT2D eigenvalue weighted by Gasteiger charge is -2.31. The van der Waals surface area contributed by atoms with Gasteiger partial charge in [-0.05, 0) is 41.7 Å². The topological polar surface area (TPSA) is 58.6 Å². The quantitative estimate of drug-likeness (QED) is 0.459. The molecule has 5 nitrogen and oxygen atoms in total. The molecular weight excluding hydrogens is 444 g/mol. The summed E-state index contributed by atoms with van der Waals surface area (Å²) in [5.74, 6) is 1.83.